The van der Waals surface area contributed by atoms with Gasteiger partial charge in [-0.05, 0) is 36.8 Å². The maximum atomic E-state index is 14.0. The summed E-state index contributed by atoms with van der Waals surface area (Å²) in [7, 11) is 3.88. The molecule has 0 spiro atoms. The summed E-state index contributed by atoms with van der Waals surface area (Å²) < 4.78 is 19.6. The average molecular weight is 274 g/mol. The Morgan fingerprint density at radius 1 is 1.15 bits per heavy atom. The molecule has 0 saturated heterocycles. The van der Waals surface area contributed by atoms with E-state index in [-0.39, 0.29) is 11.8 Å². The summed E-state index contributed by atoms with van der Waals surface area (Å²) in [4.78, 5) is 1.96. The Balaban J connectivity index is 2.24. The van der Waals surface area contributed by atoms with E-state index in [4.69, 9.17) is 10.5 Å². The molecule has 0 fully saturated rings. The number of hydrogen-bond acceptors (Lipinski definition) is 3. The molecule has 106 valence electrons. The van der Waals surface area contributed by atoms with Crippen LogP contribution < -0.4 is 15.4 Å². The molecule has 0 amide bonds. The van der Waals surface area contributed by atoms with Crippen LogP contribution in [0, 0.1) is 5.82 Å². The number of rotatable bonds is 4. The highest BCUT2D eigenvalue weighted by atomic mass is 19.1. The molecule has 1 atom stereocenters. The van der Waals surface area contributed by atoms with Gasteiger partial charge in [0.1, 0.15) is 5.75 Å². The fourth-order valence-electron chi connectivity index (χ4n) is 1.84. The van der Waals surface area contributed by atoms with E-state index in [1.54, 1.807) is 18.2 Å². The highest BCUT2D eigenvalue weighted by Gasteiger charge is 2.09. The smallest absolute Gasteiger partial charge is 0.166 e. The van der Waals surface area contributed by atoms with Gasteiger partial charge in [-0.1, -0.05) is 12.1 Å². The predicted molar refractivity (Wildman–Crippen MR) is 79.8 cm³/mol. The van der Waals surface area contributed by atoms with Gasteiger partial charge >= 0.3 is 0 Å². The molecule has 0 unspecified atom stereocenters. The van der Waals surface area contributed by atoms with E-state index in [1.165, 1.54) is 6.07 Å². The predicted octanol–water partition coefficient (Wildman–Crippen LogP) is 3.70. The van der Waals surface area contributed by atoms with Crippen LogP contribution in [0.1, 0.15) is 18.5 Å². The summed E-state index contributed by atoms with van der Waals surface area (Å²) in [6.45, 7) is 1.82. The molecule has 2 rings (SSSR count). The lowest BCUT2D eigenvalue weighted by molar-refractivity contribution is 0.441. The van der Waals surface area contributed by atoms with Gasteiger partial charge in [0.2, 0.25) is 0 Å². The first-order valence-corrected chi connectivity index (χ1v) is 6.47. The minimum absolute atomic E-state index is 0.199. The Bertz CT molecular complexity index is 597. The van der Waals surface area contributed by atoms with E-state index in [9.17, 15) is 4.39 Å². The van der Waals surface area contributed by atoms with Gasteiger partial charge in [0.25, 0.3) is 0 Å². The number of ether oxygens (including phenoxy) is 1. The third-order valence-corrected chi connectivity index (χ3v) is 3.04. The van der Waals surface area contributed by atoms with E-state index in [0.717, 1.165) is 11.3 Å². The zero-order chi connectivity index (χ0) is 14.7. The summed E-state index contributed by atoms with van der Waals surface area (Å²) in [5.41, 5.74) is 7.47. The van der Waals surface area contributed by atoms with Crippen molar-refractivity contribution < 1.29 is 9.13 Å². The van der Waals surface area contributed by atoms with Gasteiger partial charge in [0, 0.05) is 31.9 Å². The topological polar surface area (TPSA) is 38.5 Å². The summed E-state index contributed by atoms with van der Waals surface area (Å²) >= 11 is 0. The van der Waals surface area contributed by atoms with E-state index < -0.39 is 5.82 Å². The van der Waals surface area contributed by atoms with Crippen LogP contribution in [-0.2, 0) is 0 Å². The molecule has 0 aliphatic carbocycles. The summed E-state index contributed by atoms with van der Waals surface area (Å²) in [6.07, 6.45) is 0. The van der Waals surface area contributed by atoms with Crippen molar-refractivity contribution >= 4 is 5.69 Å². The van der Waals surface area contributed by atoms with Crippen molar-refractivity contribution in [2.75, 3.05) is 19.0 Å². The molecule has 2 N–H and O–H groups in total. The van der Waals surface area contributed by atoms with Crippen LogP contribution >= 0.6 is 0 Å². The second kappa shape index (κ2) is 5.92. The fraction of sp³-hybridized carbons (Fsp3) is 0.250. The van der Waals surface area contributed by atoms with Crippen molar-refractivity contribution in [2.24, 2.45) is 5.73 Å². The first-order valence-electron chi connectivity index (χ1n) is 6.47. The van der Waals surface area contributed by atoms with Crippen molar-refractivity contribution in [3.8, 4) is 11.5 Å². The Labute approximate surface area is 118 Å². The lowest BCUT2D eigenvalue weighted by Gasteiger charge is -2.14. The maximum Gasteiger partial charge on any atom is 0.166 e. The number of nitrogens with two attached hydrogens (primary N) is 1. The Hall–Kier alpha value is -2.07. The van der Waals surface area contributed by atoms with Gasteiger partial charge in [-0.25, -0.2) is 4.39 Å². The fourth-order valence-corrected chi connectivity index (χ4v) is 1.84. The molecule has 0 radical (unpaired) electrons. The van der Waals surface area contributed by atoms with Crippen molar-refractivity contribution in [2.45, 2.75) is 13.0 Å². The summed E-state index contributed by atoms with van der Waals surface area (Å²) in [5.74, 6) is 0.393. The van der Waals surface area contributed by atoms with Crippen LogP contribution in [0.5, 0.6) is 11.5 Å². The summed E-state index contributed by atoms with van der Waals surface area (Å²) in [6, 6.07) is 12.1. The first-order chi connectivity index (χ1) is 9.47. The molecule has 0 aromatic heterocycles. The van der Waals surface area contributed by atoms with Gasteiger partial charge < -0.3 is 15.4 Å². The monoisotopic (exact) mass is 274 g/mol. The maximum absolute atomic E-state index is 14.0. The molecule has 0 saturated carbocycles. The molecule has 0 bridgehead atoms. The van der Waals surface area contributed by atoms with Crippen LogP contribution in [-0.4, -0.2) is 14.1 Å². The second-order valence-corrected chi connectivity index (χ2v) is 4.97. The highest BCUT2D eigenvalue weighted by molar-refractivity contribution is 5.50. The van der Waals surface area contributed by atoms with Gasteiger partial charge in [-0.3, -0.25) is 0 Å². The van der Waals surface area contributed by atoms with E-state index in [1.807, 2.05) is 44.1 Å². The quantitative estimate of drug-likeness (QED) is 0.923. The van der Waals surface area contributed by atoms with Crippen molar-refractivity contribution in [1.82, 2.24) is 0 Å². The molecule has 20 heavy (non-hydrogen) atoms. The van der Waals surface area contributed by atoms with Crippen molar-refractivity contribution in [3.63, 3.8) is 0 Å². The molecule has 3 nitrogen and oxygen atoms in total. The number of halogens is 1. The zero-order valence-corrected chi connectivity index (χ0v) is 11.9. The number of nitrogens with zero attached hydrogens (tertiary/aromatic N) is 1. The van der Waals surface area contributed by atoms with E-state index in [2.05, 4.69) is 0 Å². The molecule has 0 heterocycles. The second-order valence-electron chi connectivity index (χ2n) is 4.97. The molecule has 2 aromatic rings. The number of hydrogen-bond donors (Lipinski definition) is 1. The van der Waals surface area contributed by atoms with Gasteiger partial charge in [-0.2, -0.15) is 0 Å². The van der Waals surface area contributed by atoms with Crippen molar-refractivity contribution in [3.05, 3.63) is 53.8 Å². The minimum Gasteiger partial charge on any atom is -0.454 e. The van der Waals surface area contributed by atoms with E-state index in [0.29, 0.717) is 5.75 Å². The Morgan fingerprint density at radius 3 is 2.50 bits per heavy atom. The van der Waals surface area contributed by atoms with Gasteiger partial charge in [-0.15, -0.1) is 0 Å². The highest BCUT2D eigenvalue weighted by Crippen LogP contribution is 2.28. The van der Waals surface area contributed by atoms with Crippen LogP contribution in [0.4, 0.5) is 10.1 Å². The van der Waals surface area contributed by atoms with Crippen LogP contribution in [0.25, 0.3) is 0 Å². The summed E-state index contributed by atoms with van der Waals surface area (Å²) in [5, 5.41) is 0. The molecule has 2 aromatic carbocycles. The first kappa shape index (κ1) is 14.3. The molecule has 0 aliphatic heterocycles. The molecular formula is C16H19FN2O. The lowest BCUT2D eigenvalue weighted by Crippen LogP contribution is -2.08. The minimum atomic E-state index is -0.407. The third-order valence-electron chi connectivity index (χ3n) is 3.04. The normalized spacial score (nSPS) is 12.1. The van der Waals surface area contributed by atoms with Crippen LogP contribution in [0.3, 0.4) is 0 Å². The molecule has 0 aliphatic rings. The Kier molecular flexibility index (Phi) is 4.25. The zero-order valence-electron chi connectivity index (χ0n) is 11.9. The average Bonchev–Trinajstić information content (AvgIpc) is 2.41. The largest absolute Gasteiger partial charge is 0.454 e. The Morgan fingerprint density at radius 2 is 1.90 bits per heavy atom. The number of benzene rings is 2. The standard InChI is InChI=1S/C16H19FN2O/c1-11(18)12-7-8-16(15(17)9-12)20-14-6-4-5-13(10-14)19(2)3/h4-11H,18H2,1-3H3/t11-/m0/s1. The van der Waals surface area contributed by atoms with Crippen LogP contribution in [0.15, 0.2) is 42.5 Å². The SMILES string of the molecule is C[C@H](N)c1ccc(Oc2cccc(N(C)C)c2)c(F)c1. The number of anilines is 1. The third kappa shape index (κ3) is 3.27. The van der Waals surface area contributed by atoms with Crippen molar-refractivity contribution in [1.29, 1.82) is 0 Å². The van der Waals surface area contributed by atoms with E-state index >= 15 is 0 Å². The van der Waals surface area contributed by atoms with Crippen LogP contribution in [0.2, 0.25) is 0 Å². The molecular weight excluding hydrogens is 255 g/mol. The molecule has 4 heteroatoms. The van der Waals surface area contributed by atoms with Gasteiger partial charge in [0.05, 0.1) is 0 Å². The van der Waals surface area contributed by atoms with Gasteiger partial charge in [0.15, 0.2) is 11.6 Å². The lowest BCUT2D eigenvalue weighted by atomic mass is 10.1.